The minimum Gasteiger partial charge on any atom is -0.497 e. The lowest BCUT2D eigenvalue weighted by Gasteiger charge is -2.36. The van der Waals surface area contributed by atoms with E-state index in [1.807, 2.05) is 43.2 Å². The number of rotatable bonds is 10. The lowest BCUT2D eigenvalue weighted by molar-refractivity contribution is -0.143. The molecule has 38 heavy (non-hydrogen) atoms. The van der Waals surface area contributed by atoms with E-state index in [0.29, 0.717) is 34.5 Å². The summed E-state index contributed by atoms with van der Waals surface area (Å²) in [7, 11) is 3.17. The number of carbonyl (C=O) groups is 2. The Morgan fingerprint density at radius 2 is 1.84 bits per heavy atom. The van der Waals surface area contributed by atoms with Gasteiger partial charge in [0.1, 0.15) is 11.5 Å². The third-order valence-corrected chi connectivity index (χ3v) is 7.34. The Bertz CT molecular complexity index is 1120. The zero-order chi connectivity index (χ0) is 27.2. The maximum Gasteiger partial charge on any atom is 0.338 e. The molecule has 1 aromatic carbocycles. The van der Waals surface area contributed by atoms with Gasteiger partial charge in [-0.05, 0) is 43.9 Å². The number of ether oxygens (including phenoxy) is 4. The zero-order valence-electron chi connectivity index (χ0n) is 22.6. The molecule has 3 aliphatic rings. The van der Waals surface area contributed by atoms with Gasteiger partial charge in [-0.25, -0.2) is 9.79 Å². The molecule has 1 aromatic rings. The number of thioether (sulfide) groups is 1. The Morgan fingerprint density at radius 3 is 2.47 bits per heavy atom. The van der Waals surface area contributed by atoms with Crippen molar-refractivity contribution in [1.82, 2.24) is 15.1 Å². The predicted octanol–water partition coefficient (Wildman–Crippen LogP) is 3.07. The van der Waals surface area contributed by atoms with Gasteiger partial charge in [-0.15, -0.1) is 0 Å². The number of amides is 1. The molecule has 10 nitrogen and oxygen atoms in total. The van der Waals surface area contributed by atoms with Crippen molar-refractivity contribution in [3.8, 4) is 11.5 Å². The summed E-state index contributed by atoms with van der Waals surface area (Å²) in [5.41, 5.74) is 2.52. The lowest BCUT2D eigenvalue weighted by atomic mass is 9.93. The number of carbonyl (C=O) groups excluding carboxylic acids is 2. The molecule has 1 atom stereocenters. The van der Waals surface area contributed by atoms with Crippen LogP contribution in [0.5, 0.6) is 11.5 Å². The van der Waals surface area contributed by atoms with E-state index in [2.05, 4.69) is 10.2 Å². The molecule has 0 bridgehead atoms. The van der Waals surface area contributed by atoms with Crippen LogP contribution in [0.2, 0.25) is 0 Å². The van der Waals surface area contributed by atoms with Crippen LogP contribution in [0.4, 0.5) is 0 Å². The molecule has 1 fully saturated rings. The minimum absolute atomic E-state index is 0.0917. The summed E-state index contributed by atoms with van der Waals surface area (Å²) in [6.45, 7) is 9.96. The number of aliphatic imine (C=N–C) groups is 1. The molecule has 0 unspecified atom stereocenters. The number of morpholine rings is 1. The van der Waals surface area contributed by atoms with Gasteiger partial charge in [-0.3, -0.25) is 9.69 Å². The summed E-state index contributed by atoms with van der Waals surface area (Å²) in [6, 6.07) is 4.95. The Morgan fingerprint density at radius 1 is 1.16 bits per heavy atom. The Hall–Kier alpha value is -3.02. The molecule has 3 aliphatic heterocycles. The predicted molar refractivity (Wildman–Crippen MR) is 146 cm³/mol. The average molecular weight is 545 g/mol. The fourth-order valence-electron chi connectivity index (χ4n) is 4.62. The van der Waals surface area contributed by atoms with Crippen LogP contribution < -0.4 is 14.8 Å². The highest BCUT2D eigenvalue weighted by Crippen LogP contribution is 2.46. The second kappa shape index (κ2) is 12.7. The number of nitrogens with one attached hydrogen (secondary N) is 1. The first kappa shape index (κ1) is 28.0. The van der Waals surface area contributed by atoms with Gasteiger partial charge in [0.25, 0.3) is 0 Å². The first-order valence-corrected chi connectivity index (χ1v) is 13.6. The van der Waals surface area contributed by atoms with Crippen LogP contribution in [0.25, 0.3) is 0 Å². The van der Waals surface area contributed by atoms with Crippen molar-refractivity contribution in [2.45, 2.75) is 39.3 Å². The molecule has 0 aromatic heterocycles. The minimum atomic E-state index is -0.569. The number of amidine groups is 1. The quantitative estimate of drug-likeness (QED) is 0.445. The maximum absolute atomic E-state index is 13.4. The van der Waals surface area contributed by atoms with Crippen molar-refractivity contribution < 1.29 is 28.5 Å². The average Bonchev–Trinajstić information content (AvgIpc) is 3.29. The van der Waals surface area contributed by atoms with Crippen LogP contribution in [0.3, 0.4) is 0 Å². The molecule has 1 saturated heterocycles. The molecule has 11 heteroatoms. The van der Waals surface area contributed by atoms with Gasteiger partial charge in [0.15, 0.2) is 5.17 Å². The molecule has 4 rings (SSSR count). The van der Waals surface area contributed by atoms with E-state index in [1.165, 1.54) is 11.8 Å². The second-order valence-corrected chi connectivity index (χ2v) is 10.3. The fourth-order valence-corrected chi connectivity index (χ4v) is 5.58. The van der Waals surface area contributed by atoms with Crippen molar-refractivity contribution in [3.63, 3.8) is 0 Å². The molecule has 0 saturated carbocycles. The van der Waals surface area contributed by atoms with Gasteiger partial charge in [-0.1, -0.05) is 11.8 Å². The third-order valence-electron chi connectivity index (χ3n) is 6.45. The van der Waals surface area contributed by atoms with E-state index in [4.69, 9.17) is 23.9 Å². The SMILES string of the molecule is COc1cc(OC)cc([C@@H]2C(C(=O)OC(C)C)=C(C)N=C3SC=C(CC(=O)NCCN4CCOCC4)N32)c1. The van der Waals surface area contributed by atoms with Crippen molar-refractivity contribution in [3.05, 3.63) is 46.1 Å². The molecular weight excluding hydrogens is 508 g/mol. The number of nitrogens with zero attached hydrogens (tertiary/aromatic N) is 3. The van der Waals surface area contributed by atoms with E-state index in [9.17, 15) is 9.59 Å². The standard InChI is InChI=1S/C27H36N4O6S/c1-17(2)37-26(33)24-18(3)29-27-31(25(24)19-12-21(34-4)15-22(13-19)35-5)20(16-38-27)14-23(32)28-6-7-30-8-10-36-11-9-30/h12-13,15-17,25H,6-11,14H2,1-5H3,(H,28,32)/t25-/m1/s1. The first-order valence-electron chi connectivity index (χ1n) is 12.8. The van der Waals surface area contributed by atoms with Gasteiger partial charge < -0.3 is 29.2 Å². The number of hydrogen-bond donors (Lipinski definition) is 1. The smallest absolute Gasteiger partial charge is 0.338 e. The Balaban J connectivity index is 1.60. The van der Waals surface area contributed by atoms with Gasteiger partial charge in [-0.2, -0.15) is 0 Å². The number of methoxy groups -OCH3 is 2. The summed E-state index contributed by atoms with van der Waals surface area (Å²) < 4.78 is 22.0. The highest BCUT2D eigenvalue weighted by atomic mass is 32.2. The summed E-state index contributed by atoms with van der Waals surface area (Å²) >= 11 is 1.44. The topological polar surface area (TPSA) is 102 Å². The summed E-state index contributed by atoms with van der Waals surface area (Å²) in [5.74, 6) is 0.649. The summed E-state index contributed by atoms with van der Waals surface area (Å²) in [4.78, 5) is 35.3. The molecular formula is C27H36N4O6S. The number of fused-ring (bicyclic) bond motifs is 1. The van der Waals surface area contributed by atoms with E-state index < -0.39 is 12.0 Å². The number of hydrogen-bond acceptors (Lipinski definition) is 10. The van der Waals surface area contributed by atoms with Crippen molar-refractivity contribution in [2.24, 2.45) is 4.99 Å². The third kappa shape index (κ3) is 6.51. The number of benzene rings is 1. The molecule has 0 radical (unpaired) electrons. The van der Waals surface area contributed by atoms with Crippen LogP contribution in [-0.2, 0) is 19.1 Å². The highest BCUT2D eigenvalue weighted by Gasteiger charge is 2.41. The first-order chi connectivity index (χ1) is 18.3. The molecule has 206 valence electrons. The van der Waals surface area contributed by atoms with Crippen molar-refractivity contribution in [1.29, 1.82) is 0 Å². The molecule has 0 aliphatic carbocycles. The highest BCUT2D eigenvalue weighted by molar-refractivity contribution is 8.16. The molecule has 3 heterocycles. The fraction of sp³-hybridized carbons (Fsp3) is 0.519. The van der Waals surface area contributed by atoms with Crippen LogP contribution in [0.1, 0.15) is 38.8 Å². The van der Waals surface area contributed by atoms with Gasteiger partial charge >= 0.3 is 5.97 Å². The van der Waals surface area contributed by atoms with Crippen LogP contribution >= 0.6 is 11.8 Å². The monoisotopic (exact) mass is 544 g/mol. The van der Waals surface area contributed by atoms with Crippen LogP contribution in [-0.4, -0.2) is 86.6 Å². The van der Waals surface area contributed by atoms with Crippen LogP contribution in [0.15, 0.2) is 45.6 Å². The summed E-state index contributed by atoms with van der Waals surface area (Å²) in [5, 5.41) is 5.66. The second-order valence-electron chi connectivity index (χ2n) is 9.47. The van der Waals surface area contributed by atoms with Crippen molar-refractivity contribution in [2.75, 3.05) is 53.6 Å². The van der Waals surface area contributed by atoms with E-state index in [-0.39, 0.29) is 18.4 Å². The summed E-state index contributed by atoms with van der Waals surface area (Å²) in [6.07, 6.45) is -0.146. The van der Waals surface area contributed by atoms with Crippen LogP contribution in [0, 0.1) is 0 Å². The Kier molecular flexibility index (Phi) is 9.35. The number of esters is 1. The largest absolute Gasteiger partial charge is 0.497 e. The lowest BCUT2D eigenvalue weighted by Crippen LogP contribution is -2.42. The van der Waals surface area contributed by atoms with E-state index >= 15 is 0 Å². The normalized spacial score (nSPS) is 19.6. The zero-order valence-corrected chi connectivity index (χ0v) is 23.4. The van der Waals surface area contributed by atoms with E-state index in [1.54, 1.807) is 20.3 Å². The Labute approximate surface area is 228 Å². The van der Waals surface area contributed by atoms with Gasteiger partial charge in [0, 0.05) is 37.9 Å². The molecule has 1 N–H and O–H groups in total. The van der Waals surface area contributed by atoms with Crippen molar-refractivity contribution >= 4 is 28.8 Å². The van der Waals surface area contributed by atoms with E-state index in [0.717, 1.165) is 44.1 Å². The number of allylic oxidation sites excluding steroid dienone is 1. The maximum atomic E-state index is 13.4. The molecule has 1 amide bonds. The van der Waals surface area contributed by atoms with Gasteiger partial charge in [0.2, 0.25) is 5.91 Å². The molecule has 0 spiro atoms. The van der Waals surface area contributed by atoms with Gasteiger partial charge in [0.05, 0.1) is 57.3 Å².